The molecule has 0 aliphatic heterocycles. The second-order valence-electron chi connectivity index (χ2n) is 3.86. The van der Waals surface area contributed by atoms with Crippen molar-refractivity contribution in [3.8, 4) is 0 Å². The molecular formula is C10H19I. The summed E-state index contributed by atoms with van der Waals surface area (Å²) in [5.74, 6) is 1.08. The molecule has 0 heterocycles. The highest BCUT2D eigenvalue weighted by Crippen LogP contribution is 2.28. The summed E-state index contributed by atoms with van der Waals surface area (Å²) >= 11 is 2.54. The van der Waals surface area contributed by atoms with Gasteiger partial charge in [-0.1, -0.05) is 61.6 Å². The highest BCUT2D eigenvalue weighted by molar-refractivity contribution is 14.1. The van der Waals surface area contributed by atoms with E-state index in [1.54, 1.807) is 0 Å². The number of hydrogen-bond donors (Lipinski definition) is 0. The SMILES string of the molecule is C[C@H](I)CCC1CCCCC1. The van der Waals surface area contributed by atoms with Crippen molar-refractivity contribution in [3.05, 3.63) is 0 Å². The number of hydrogen-bond acceptors (Lipinski definition) is 0. The molecule has 0 aromatic carbocycles. The molecule has 1 atom stereocenters. The molecule has 1 heteroatoms. The lowest BCUT2D eigenvalue weighted by Crippen LogP contribution is -2.07. The van der Waals surface area contributed by atoms with Crippen LogP contribution >= 0.6 is 22.6 Å². The Bertz CT molecular complexity index is 93.0. The molecule has 1 saturated carbocycles. The van der Waals surface area contributed by atoms with E-state index >= 15 is 0 Å². The van der Waals surface area contributed by atoms with Gasteiger partial charge >= 0.3 is 0 Å². The predicted molar refractivity (Wildman–Crippen MR) is 59.3 cm³/mol. The fourth-order valence-electron chi connectivity index (χ4n) is 1.94. The highest BCUT2D eigenvalue weighted by Gasteiger charge is 2.13. The van der Waals surface area contributed by atoms with E-state index in [9.17, 15) is 0 Å². The third kappa shape index (κ3) is 4.34. The molecule has 1 fully saturated rings. The first-order valence-corrected chi connectivity index (χ1v) is 6.17. The Kier molecular flexibility index (Phi) is 4.81. The van der Waals surface area contributed by atoms with Crippen LogP contribution in [0, 0.1) is 5.92 Å². The molecule has 0 saturated heterocycles. The molecule has 0 amide bonds. The summed E-state index contributed by atoms with van der Waals surface area (Å²) < 4.78 is 0.884. The maximum absolute atomic E-state index is 2.54. The molecule has 0 N–H and O–H groups in total. The normalized spacial score (nSPS) is 23.5. The van der Waals surface area contributed by atoms with E-state index in [2.05, 4.69) is 29.5 Å². The molecule has 11 heavy (non-hydrogen) atoms. The lowest BCUT2D eigenvalue weighted by molar-refractivity contribution is 0.333. The van der Waals surface area contributed by atoms with Crippen molar-refractivity contribution in [1.29, 1.82) is 0 Å². The second kappa shape index (κ2) is 5.39. The summed E-state index contributed by atoms with van der Waals surface area (Å²) in [5.41, 5.74) is 0. The Morgan fingerprint density at radius 2 is 1.91 bits per heavy atom. The van der Waals surface area contributed by atoms with E-state index in [1.807, 2.05) is 0 Å². The molecule has 66 valence electrons. The molecule has 0 unspecified atom stereocenters. The van der Waals surface area contributed by atoms with Crippen LogP contribution in [0.5, 0.6) is 0 Å². The minimum atomic E-state index is 0.884. The summed E-state index contributed by atoms with van der Waals surface area (Å²) in [6.45, 7) is 2.32. The van der Waals surface area contributed by atoms with Crippen molar-refractivity contribution in [3.63, 3.8) is 0 Å². The van der Waals surface area contributed by atoms with Gasteiger partial charge in [0.15, 0.2) is 0 Å². The van der Waals surface area contributed by atoms with Crippen LogP contribution in [0.25, 0.3) is 0 Å². The maximum atomic E-state index is 2.54. The Labute approximate surface area is 84.3 Å². The van der Waals surface area contributed by atoms with E-state index in [0.717, 1.165) is 9.84 Å². The molecular weight excluding hydrogens is 247 g/mol. The highest BCUT2D eigenvalue weighted by atomic mass is 127. The van der Waals surface area contributed by atoms with Crippen molar-refractivity contribution in [1.82, 2.24) is 0 Å². The lowest BCUT2D eigenvalue weighted by Gasteiger charge is -2.21. The van der Waals surface area contributed by atoms with Crippen LogP contribution in [0.4, 0.5) is 0 Å². The van der Waals surface area contributed by atoms with Gasteiger partial charge in [0.1, 0.15) is 0 Å². The fourth-order valence-corrected chi connectivity index (χ4v) is 2.30. The van der Waals surface area contributed by atoms with Crippen molar-refractivity contribution in [2.75, 3.05) is 0 Å². The molecule has 0 aromatic rings. The molecule has 0 aromatic heterocycles. The smallest absolute Gasteiger partial charge is 0.00814 e. The van der Waals surface area contributed by atoms with Gasteiger partial charge in [0, 0.05) is 3.92 Å². The van der Waals surface area contributed by atoms with E-state index < -0.39 is 0 Å². The van der Waals surface area contributed by atoms with E-state index in [-0.39, 0.29) is 0 Å². The molecule has 0 radical (unpaired) electrons. The van der Waals surface area contributed by atoms with Gasteiger partial charge in [-0.2, -0.15) is 0 Å². The summed E-state index contributed by atoms with van der Waals surface area (Å²) in [6.07, 6.45) is 10.5. The molecule has 1 aliphatic rings. The maximum Gasteiger partial charge on any atom is 0.00814 e. The number of halogens is 1. The first-order valence-electron chi connectivity index (χ1n) is 4.93. The summed E-state index contributed by atoms with van der Waals surface area (Å²) in [4.78, 5) is 0. The van der Waals surface area contributed by atoms with Crippen LogP contribution in [-0.4, -0.2) is 3.92 Å². The minimum Gasteiger partial charge on any atom is -0.0829 e. The number of alkyl halides is 1. The first-order chi connectivity index (χ1) is 5.29. The van der Waals surface area contributed by atoms with E-state index in [4.69, 9.17) is 0 Å². The van der Waals surface area contributed by atoms with E-state index in [0.29, 0.717) is 0 Å². The van der Waals surface area contributed by atoms with Crippen molar-refractivity contribution >= 4 is 22.6 Å². The third-order valence-corrected chi connectivity index (χ3v) is 3.32. The monoisotopic (exact) mass is 266 g/mol. The van der Waals surface area contributed by atoms with Crippen LogP contribution in [0.1, 0.15) is 51.9 Å². The quantitative estimate of drug-likeness (QED) is 0.531. The lowest BCUT2D eigenvalue weighted by atomic mass is 9.86. The molecule has 0 spiro atoms. The van der Waals surface area contributed by atoms with Gasteiger partial charge in [0.2, 0.25) is 0 Å². The zero-order chi connectivity index (χ0) is 8.10. The third-order valence-electron chi connectivity index (χ3n) is 2.70. The predicted octanol–water partition coefficient (Wildman–Crippen LogP) is 4.17. The molecule has 0 bridgehead atoms. The van der Waals surface area contributed by atoms with Crippen LogP contribution in [0.2, 0.25) is 0 Å². The average molecular weight is 266 g/mol. The van der Waals surface area contributed by atoms with Gasteiger partial charge in [-0.3, -0.25) is 0 Å². The topological polar surface area (TPSA) is 0 Å². The van der Waals surface area contributed by atoms with Gasteiger partial charge in [0.25, 0.3) is 0 Å². The Balaban J connectivity index is 2.05. The molecule has 1 rings (SSSR count). The van der Waals surface area contributed by atoms with Gasteiger partial charge in [0.05, 0.1) is 0 Å². The fraction of sp³-hybridized carbons (Fsp3) is 1.00. The van der Waals surface area contributed by atoms with Gasteiger partial charge in [-0.15, -0.1) is 0 Å². The average Bonchev–Trinajstić information content (AvgIpc) is 2.03. The van der Waals surface area contributed by atoms with E-state index in [1.165, 1.54) is 44.9 Å². The largest absolute Gasteiger partial charge is 0.0829 e. The van der Waals surface area contributed by atoms with Crippen LogP contribution in [0.15, 0.2) is 0 Å². The zero-order valence-corrected chi connectivity index (χ0v) is 9.64. The first kappa shape index (κ1) is 9.82. The van der Waals surface area contributed by atoms with Crippen molar-refractivity contribution in [2.45, 2.75) is 55.8 Å². The second-order valence-corrected chi connectivity index (χ2v) is 5.99. The van der Waals surface area contributed by atoms with Gasteiger partial charge in [-0.25, -0.2) is 0 Å². The minimum absolute atomic E-state index is 0.884. The zero-order valence-electron chi connectivity index (χ0n) is 7.48. The summed E-state index contributed by atoms with van der Waals surface area (Å²) in [6, 6.07) is 0. The Morgan fingerprint density at radius 3 is 2.45 bits per heavy atom. The Hall–Kier alpha value is 0.730. The van der Waals surface area contributed by atoms with Crippen LogP contribution in [0.3, 0.4) is 0 Å². The summed E-state index contributed by atoms with van der Waals surface area (Å²) in [7, 11) is 0. The Morgan fingerprint density at radius 1 is 1.27 bits per heavy atom. The standard InChI is InChI=1S/C10H19I/c1-9(11)7-8-10-5-3-2-4-6-10/h9-10H,2-8H2,1H3/t9-/m0/s1. The van der Waals surface area contributed by atoms with Crippen molar-refractivity contribution in [2.24, 2.45) is 5.92 Å². The van der Waals surface area contributed by atoms with Gasteiger partial charge in [-0.05, 0) is 18.8 Å². The number of rotatable bonds is 3. The van der Waals surface area contributed by atoms with Gasteiger partial charge < -0.3 is 0 Å². The van der Waals surface area contributed by atoms with Crippen molar-refractivity contribution < 1.29 is 0 Å². The van der Waals surface area contributed by atoms with Crippen LogP contribution in [-0.2, 0) is 0 Å². The molecule has 1 aliphatic carbocycles. The summed E-state index contributed by atoms with van der Waals surface area (Å²) in [5, 5.41) is 0. The van der Waals surface area contributed by atoms with Crippen LogP contribution < -0.4 is 0 Å². The molecule has 0 nitrogen and oxygen atoms in total.